The van der Waals surface area contributed by atoms with E-state index in [1.165, 1.54) is 0 Å². The molecule has 1 aromatic carbocycles. The van der Waals surface area contributed by atoms with E-state index in [2.05, 4.69) is 5.32 Å². The maximum atomic E-state index is 12.8. The molecule has 1 unspecified atom stereocenters. The Kier molecular flexibility index (Phi) is 5.23. The van der Waals surface area contributed by atoms with Gasteiger partial charge in [0.1, 0.15) is 5.75 Å². The minimum absolute atomic E-state index is 0.113. The van der Waals surface area contributed by atoms with Crippen LogP contribution in [0.3, 0.4) is 0 Å². The van der Waals surface area contributed by atoms with Crippen LogP contribution in [-0.4, -0.2) is 25.6 Å². The minimum atomic E-state index is -0.396. The lowest BCUT2D eigenvalue weighted by atomic mass is 9.78. The number of nitrogens with one attached hydrogen (secondary N) is 1. The zero-order valence-electron chi connectivity index (χ0n) is 13.0. The van der Waals surface area contributed by atoms with E-state index in [9.17, 15) is 4.79 Å². The molecule has 4 nitrogen and oxygen atoms in total. The lowest BCUT2D eigenvalue weighted by Crippen LogP contribution is -2.43. The monoisotopic (exact) mass is 290 g/mol. The van der Waals surface area contributed by atoms with Gasteiger partial charge in [0.05, 0.1) is 12.5 Å². The molecule has 0 spiro atoms. The van der Waals surface area contributed by atoms with E-state index >= 15 is 0 Å². The van der Waals surface area contributed by atoms with Gasteiger partial charge < -0.3 is 15.8 Å². The van der Waals surface area contributed by atoms with E-state index in [1.54, 1.807) is 7.11 Å². The Bertz CT molecular complexity index is 479. The highest BCUT2D eigenvalue weighted by Gasteiger charge is 2.42. The summed E-state index contributed by atoms with van der Waals surface area (Å²) in [5.74, 6) is 0.941. The van der Waals surface area contributed by atoms with Gasteiger partial charge in [-0.1, -0.05) is 25.0 Å². The average Bonchev–Trinajstić information content (AvgIpc) is 2.97. The molecule has 1 amide bonds. The van der Waals surface area contributed by atoms with Crippen molar-refractivity contribution in [3.8, 4) is 5.75 Å². The molecule has 1 aliphatic carbocycles. The van der Waals surface area contributed by atoms with Gasteiger partial charge in [0.25, 0.3) is 0 Å². The Hall–Kier alpha value is -1.55. The SMILES string of the molecule is COc1cccc(C2(C(=O)NCCC(C)N)CCCC2)c1. The second-order valence-electron chi connectivity index (χ2n) is 6.04. The molecule has 116 valence electrons. The quantitative estimate of drug-likeness (QED) is 0.845. The average molecular weight is 290 g/mol. The van der Waals surface area contributed by atoms with Crippen LogP contribution in [0.15, 0.2) is 24.3 Å². The second-order valence-corrected chi connectivity index (χ2v) is 6.04. The number of methoxy groups -OCH3 is 1. The topological polar surface area (TPSA) is 64.3 Å². The van der Waals surface area contributed by atoms with Crippen LogP contribution in [0.1, 0.15) is 44.6 Å². The van der Waals surface area contributed by atoms with Crippen molar-refractivity contribution >= 4 is 5.91 Å². The van der Waals surface area contributed by atoms with Gasteiger partial charge in [-0.05, 0) is 43.9 Å². The van der Waals surface area contributed by atoms with Gasteiger partial charge in [-0.15, -0.1) is 0 Å². The first-order chi connectivity index (χ1) is 10.1. The summed E-state index contributed by atoms with van der Waals surface area (Å²) >= 11 is 0. The number of amides is 1. The summed E-state index contributed by atoms with van der Waals surface area (Å²) < 4.78 is 5.30. The highest BCUT2D eigenvalue weighted by Crippen LogP contribution is 2.42. The van der Waals surface area contributed by atoms with Crippen molar-refractivity contribution in [2.75, 3.05) is 13.7 Å². The van der Waals surface area contributed by atoms with Crippen molar-refractivity contribution < 1.29 is 9.53 Å². The van der Waals surface area contributed by atoms with Crippen LogP contribution in [0.5, 0.6) is 5.75 Å². The standard InChI is InChI=1S/C17H26N2O2/c1-13(18)8-11-19-16(20)17(9-3-4-10-17)14-6-5-7-15(12-14)21-2/h5-7,12-13H,3-4,8-11,18H2,1-2H3,(H,19,20). The summed E-state index contributed by atoms with van der Waals surface area (Å²) in [5.41, 5.74) is 6.42. The Balaban J connectivity index is 2.17. The molecule has 3 N–H and O–H groups in total. The van der Waals surface area contributed by atoms with Gasteiger partial charge in [0.15, 0.2) is 0 Å². The summed E-state index contributed by atoms with van der Waals surface area (Å²) in [7, 11) is 1.66. The molecule has 2 rings (SSSR count). The maximum Gasteiger partial charge on any atom is 0.230 e. The molecule has 4 heteroatoms. The second kappa shape index (κ2) is 6.94. The number of ether oxygens (including phenoxy) is 1. The fourth-order valence-corrected chi connectivity index (χ4v) is 3.13. The molecule has 0 aromatic heterocycles. The molecular formula is C17H26N2O2. The third-order valence-electron chi connectivity index (χ3n) is 4.40. The molecule has 0 aliphatic heterocycles. The molecule has 1 atom stereocenters. The normalized spacial score (nSPS) is 18.2. The summed E-state index contributed by atoms with van der Waals surface area (Å²) in [6.45, 7) is 2.60. The van der Waals surface area contributed by atoms with Gasteiger partial charge in [0.2, 0.25) is 5.91 Å². The number of benzene rings is 1. The molecule has 21 heavy (non-hydrogen) atoms. The first kappa shape index (κ1) is 15.8. The highest BCUT2D eigenvalue weighted by atomic mass is 16.5. The van der Waals surface area contributed by atoms with E-state index in [0.29, 0.717) is 6.54 Å². The molecule has 0 saturated heterocycles. The van der Waals surface area contributed by atoms with E-state index in [0.717, 1.165) is 43.4 Å². The molecule has 1 aliphatic rings. The van der Waals surface area contributed by atoms with Crippen LogP contribution in [0.2, 0.25) is 0 Å². The highest BCUT2D eigenvalue weighted by molar-refractivity contribution is 5.88. The van der Waals surface area contributed by atoms with Crippen molar-refractivity contribution in [3.05, 3.63) is 29.8 Å². The van der Waals surface area contributed by atoms with Crippen LogP contribution in [0.4, 0.5) is 0 Å². The molecule has 1 fully saturated rings. The van der Waals surface area contributed by atoms with Crippen LogP contribution < -0.4 is 15.8 Å². The molecule has 0 radical (unpaired) electrons. The van der Waals surface area contributed by atoms with E-state index in [1.807, 2.05) is 31.2 Å². The fourth-order valence-electron chi connectivity index (χ4n) is 3.13. The number of nitrogens with two attached hydrogens (primary N) is 1. The first-order valence-electron chi connectivity index (χ1n) is 7.77. The van der Waals surface area contributed by atoms with Crippen molar-refractivity contribution in [1.82, 2.24) is 5.32 Å². The van der Waals surface area contributed by atoms with Crippen molar-refractivity contribution in [2.24, 2.45) is 5.73 Å². The summed E-state index contributed by atoms with van der Waals surface area (Å²) in [4.78, 5) is 12.8. The predicted molar refractivity (Wildman–Crippen MR) is 84.4 cm³/mol. The molecule has 1 saturated carbocycles. The zero-order valence-corrected chi connectivity index (χ0v) is 13.0. The number of rotatable bonds is 6. The van der Waals surface area contributed by atoms with Crippen LogP contribution in [0.25, 0.3) is 0 Å². The number of hydrogen-bond donors (Lipinski definition) is 2. The molecular weight excluding hydrogens is 264 g/mol. The van der Waals surface area contributed by atoms with Crippen molar-refractivity contribution in [2.45, 2.75) is 50.5 Å². The van der Waals surface area contributed by atoms with Gasteiger partial charge in [-0.2, -0.15) is 0 Å². The number of hydrogen-bond acceptors (Lipinski definition) is 3. The number of carbonyl (C=O) groups is 1. The molecule has 0 heterocycles. The molecule has 1 aromatic rings. The third-order valence-corrected chi connectivity index (χ3v) is 4.40. The summed E-state index contributed by atoms with van der Waals surface area (Å²) in [5, 5.41) is 3.07. The Morgan fingerprint density at radius 1 is 1.43 bits per heavy atom. The zero-order chi connectivity index (χ0) is 15.3. The van der Waals surface area contributed by atoms with Gasteiger partial charge in [-0.25, -0.2) is 0 Å². The Morgan fingerprint density at radius 2 is 2.14 bits per heavy atom. The summed E-state index contributed by atoms with van der Waals surface area (Å²) in [6.07, 6.45) is 4.81. The van der Waals surface area contributed by atoms with E-state index in [-0.39, 0.29) is 11.9 Å². The Labute approximate surface area is 127 Å². The smallest absolute Gasteiger partial charge is 0.230 e. The summed E-state index contributed by atoms with van der Waals surface area (Å²) in [6, 6.07) is 8.03. The predicted octanol–water partition coefficient (Wildman–Crippen LogP) is 2.36. The van der Waals surface area contributed by atoms with Crippen LogP contribution in [0, 0.1) is 0 Å². The van der Waals surface area contributed by atoms with Crippen LogP contribution in [-0.2, 0) is 10.2 Å². The van der Waals surface area contributed by atoms with Gasteiger partial charge in [-0.3, -0.25) is 4.79 Å². The van der Waals surface area contributed by atoms with E-state index < -0.39 is 5.41 Å². The maximum absolute atomic E-state index is 12.8. The van der Waals surface area contributed by atoms with Gasteiger partial charge in [0, 0.05) is 12.6 Å². The number of carbonyl (C=O) groups excluding carboxylic acids is 1. The van der Waals surface area contributed by atoms with Gasteiger partial charge >= 0.3 is 0 Å². The van der Waals surface area contributed by atoms with Crippen molar-refractivity contribution in [3.63, 3.8) is 0 Å². The third kappa shape index (κ3) is 3.56. The van der Waals surface area contributed by atoms with Crippen LogP contribution >= 0.6 is 0 Å². The van der Waals surface area contributed by atoms with Crippen molar-refractivity contribution in [1.29, 1.82) is 0 Å². The lowest BCUT2D eigenvalue weighted by molar-refractivity contribution is -0.126. The fraction of sp³-hybridized carbons (Fsp3) is 0.588. The first-order valence-corrected chi connectivity index (χ1v) is 7.77. The van der Waals surface area contributed by atoms with E-state index in [4.69, 9.17) is 10.5 Å². The lowest BCUT2D eigenvalue weighted by Gasteiger charge is -2.28. The Morgan fingerprint density at radius 3 is 2.76 bits per heavy atom. The minimum Gasteiger partial charge on any atom is -0.497 e. The largest absolute Gasteiger partial charge is 0.497 e. The molecule has 0 bridgehead atoms.